The SMILES string of the molecule is CCCCC(CC)c1sc2ccc(F)cc2c1C. The van der Waals surface area contributed by atoms with Gasteiger partial charge in [-0.05, 0) is 54.8 Å². The quantitative estimate of drug-likeness (QED) is 0.618. The van der Waals surface area contributed by atoms with Crippen LogP contribution in [0, 0.1) is 12.7 Å². The van der Waals surface area contributed by atoms with E-state index >= 15 is 0 Å². The molecule has 1 unspecified atom stereocenters. The number of thiophene rings is 1. The first-order chi connectivity index (χ1) is 8.67. The van der Waals surface area contributed by atoms with E-state index in [0.717, 1.165) is 5.39 Å². The summed E-state index contributed by atoms with van der Waals surface area (Å²) in [7, 11) is 0. The number of aryl methyl sites for hydroxylation is 1. The first-order valence-corrected chi connectivity index (χ1v) is 7.67. The van der Waals surface area contributed by atoms with Gasteiger partial charge in [-0.3, -0.25) is 0 Å². The molecule has 0 nitrogen and oxygen atoms in total. The minimum absolute atomic E-state index is 0.128. The van der Waals surface area contributed by atoms with Gasteiger partial charge in [-0.15, -0.1) is 11.3 Å². The number of rotatable bonds is 5. The van der Waals surface area contributed by atoms with Crippen LogP contribution in [0.1, 0.15) is 55.9 Å². The molecule has 18 heavy (non-hydrogen) atoms. The average molecular weight is 264 g/mol. The second-order valence-electron chi connectivity index (χ2n) is 4.98. The Kier molecular flexibility index (Phi) is 4.39. The van der Waals surface area contributed by atoms with Crippen molar-refractivity contribution in [3.8, 4) is 0 Å². The lowest BCUT2D eigenvalue weighted by atomic mass is 9.94. The third-order valence-electron chi connectivity index (χ3n) is 3.70. The number of halogens is 1. The van der Waals surface area contributed by atoms with Crippen molar-refractivity contribution < 1.29 is 4.39 Å². The van der Waals surface area contributed by atoms with Crippen LogP contribution in [-0.2, 0) is 0 Å². The van der Waals surface area contributed by atoms with Crippen LogP contribution in [0.4, 0.5) is 4.39 Å². The van der Waals surface area contributed by atoms with Crippen molar-refractivity contribution in [2.45, 2.75) is 52.4 Å². The van der Waals surface area contributed by atoms with Gasteiger partial charge in [-0.2, -0.15) is 0 Å². The molecule has 0 radical (unpaired) electrons. The molecule has 0 aliphatic rings. The molecule has 0 fully saturated rings. The molecule has 0 spiro atoms. The van der Waals surface area contributed by atoms with E-state index in [-0.39, 0.29) is 5.82 Å². The van der Waals surface area contributed by atoms with Crippen molar-refractivity contribution in [3.05, 3.63) is 34.5 Å². The summed E-state index contributed by atoms with van der Waals surface area (Å²) in [6.07, 6.45) is 4.95. The van der Waals surface area contributed by atoms with Gasteiger partial charge in [0.15, 0.2) is 0 Å². The van der Waals surface area contributed by atoms with Crippen LogP contribution in [-0.4, -0.2) is 0 Å². The molecule has 0 saturated heterocycles. The smallest absolute Gasteiger partial charge is 0.123 e. The maximum atomic E-state index is 13.3. The Labute approximate surface area is 113 Å². The fourth-order valence-corrected chi connectivity index (χ4v) is 3.98. The van der Waals surface area contributed by atoms with Crippen LogP contribution in [0.3, 0.4) is 0 Å². The Balaban J connectivity index is 2.40. The summed E-state index contributed by atoms with van der Waals surface area (Å²) in [5.41, 5.74) is 1.29. The first kappa shape index (κ1) is 13.5. The third kappa shape index (κ3) is 2.59. The Morgan fingerprint density at radius 3 is 2.72 bits per heavy atom. The normalized spacial score (nSPS) is 13.1. The van der Waals surface area contributed by atoms with Crippen molar-refractivity contribution in [3.63, 3.8) is 0 Å². The van der Waals surface area contributed by atoms with E-state index in [2.05, 4.69) is 20.8 Å². The number of benzene rings is 1. The van der Waals surface area contributed by atoms with Crippen molar-refractivity contribution in [2.75, 3.05) is 0 Å². The molecule has 0 amide bonds. The maximum absolute atomic E-state index is 13.3. The number of unbranched alkanes of at least 4 members (excludes halogenated alkanes) is 1. The van der Waals surface area contributed by atoms with Crippen LogP contribution < -0.4 is 0 Å². The molecule has 2 rings (SSSR count). The summed E-state index contributed by atoms with van der Waals surface area (Å²) in [4.78, 5) is 1.46. The molecule has 0 saturated carbocycles. The van der Waals surface area contributed by atoms with Crippen LogP contribution in [0.15, 0.2) is 18.2 Å². The highest BCUT2D eigenvalue weighted by Crippen LogP contribution is 2.39. The molecule has 98 valence electrons. The van der Waals surface area contributed by atoms with Gasteiger partial charge in [-0.1, -0.05) is 26.7 Å². The largest absolute Gasteiger partial charge is 0.207 e. The van der Waals surface area contributed by atoms with Crippen molar-refractivity contribution in [2.24, 2.45) is 0 Å². The fourth-order valence-electron chi connectivity index (χ4n) is 2.57. The predicted octanol–water partition coefficient (Wildman–Crippen LogP) is 6.03. The van der Waals surface area contributed by atoms with Gasteiger partial charge in [0.25, 0.3) is 0 Å². The minimum atomic E-state index is -0.128. The molecule has 2 heteroatoms. The maximum Gasteiger partial charge on any atom is 0.123 e. The summed E-state index contributed by atoms with van der Waals surface area (Å²) in [5.74, 6) is 0.516. The standard InChI is InChI=1S/C16H21FS/c1-4-6-7-12(5-2)16-11(3)14-10-13(17)8-9-15(14)18-16/h8-10,12H,4-7H2,1-3H3. The third-order valence-corrected chi connectivity index (χ3v) is 5.14. The Hall–Kier alpha value is -0.890. The molecule has 1 aromatic heterocycles. The topological polar surface area (TPSA) is 0 Å². The van der Waals surface area contributed by atoms with Gasteiger partial charge >= 0.3 is 0 Å². The lowest BCUT2D eigenvalue weighted by Gasteiger charge is -2.13. The molecular weight excluding hydrogens is 243 g/mol. The van der Waals surface area contributed by atoms with E-state index in [1.807, 2.05) is 17.4 Å². The monoisotopic (exact) mass is 264 g/mol. The highest BCUT2D eigenvalue weighted by molar-refractivity contribution is 7.19. The van der Waals surface area contributed by atoms with E-state index in [9.17, 15) is 4.39 Å². The van der Waals surface area contributed by atoms with Gasteiger partial charge in [0.05, 0.1) is 0 Å². The highest BCUT2D eigenvalue weighted by atomic mass is 32.1. The molecular formula is C16H21FS. The van der Waals surface area contributed by atoms with Crippen molar-refractivity contribution in [1.29, 1.82) is 0 Å². The summed E-state index contributed by atoms with van der Waals surface area (Å²) in [6.45, 7) is 6.63. The van der Waals surface area contributed by atoms with E-state index < -0.39 is 0 Å². The fraction of sp³-hybridized carbons (Fsp3) is 0.500. The Morgan fingerprint density at radius 1 is 1.28 bits per heavy atom. The molecule has 0 aliphatic carbocycles. The molecule has 2 aromatic rings. The van der Waals surface area contributed by atoms with Gasteiger partial charge < -0.3 is 0 Å². The number of fused-ring (bicyclic) bond motifs is 1. The summed E-state index contributed by atoms with van der Waals surface area (Å²) in [6, 6.07) is 5.16. The molecule has 1 aromatic carbocycles. The van der Waals surface area contributed by atoms with Gasteiger partial charge in [0, 0.05) is 9.58 Å². The number of hydrogen-bond acceptors (Lipinski definition) is 1. The minimum Gasteiger partial charge on any atom is -0.207 e. The lowest BCUT2D eigenvalue weighted by molar-refractivity contribution is 0.575. The summed E-state index contributed by atoms with van der Waals surface area (Å²) < 4.78 is 14.5. The second-order valence-corrected chi connectivity index (χ2v) is 6.06. The zero-order chi connectivity index (χ0) is 13.1. The lowest BCUT2D eigenvalue weighted by Crippen LogP contribution is -1.96. The van der Waals surface area contributed by atoms with Crippen molar-refractivity contribution in [1.82, 2.24) is 0 Å². The Bertz CT molecular complexity index is 527. The predicted molar refractivity (Wildman–Crippen MR) is 79.1 cm³/mol. The summed E-state index contributed by atoms with van der Waals surface area (Å²) >= 11 is 1.85. The van der Waals surface area contributed by atoms with E-state index in [0.29, 0.717) is 5.92 Å². The zero-order valence-electron chi connectivity index (χ0n) is 11.4. The molecule has 0 bridgehead atoms. The molecule has 0 aliphatic heterocycles. The van der Waals surface area contributed by atoms with Crippen LogP contribution >= 0.6 is 11.3 Å². The van der Waals surface area contributed by atoms with E-state index in [4.69, 9.17) is 0 Å². The first-order valence-electron chi connectivity index (χ1n) is 6.85. The second kappa shape index (κ2) is 5.83. The van der Waals surface area contributed by atoms with Gasteiger partial charge in [-0.25, -0.2) is 4.39 Å². The highest BCUT2D eigenvalue weighted by Gasteiger charge is 2.16. The summed E-state index contributed by atoms with van der Waals surface area (Å²) in [5, 5.41) is 1.10. The van der Waals surface area contributed by atoms with Crippen LogP contribution in [0.5, 0.6) is 0 Å². The van der Waals surface area contributed by atoms with Gasteiger partial charge in [0.1, 0.15) is 5.82 Å². The number of hydrogen-bond donors (Lipinski definition) is 0. The van der Waals surface area contributed by atoms with Crippen LogP contribution in [0.2, 0.25) is 0 Å². The van der Waals surface area contributed by atoms with E-state index in [1.165, 1.54) is 40.8 Å². The zero-order valence-corrected chi connectivity index (χ0v) is 12.2. The average Bonchev–Trinajstić information content (AvgIpc) is 2.68. The molecule has 1 atom stereocenters. The Morgan fingerprint density at radius 2 is 2.06 bits per heavy atom. The molecule has 0 N–H and O–H groups in total. The molecule has 1 heterocycles. The van der Waals surface area contributed by atoms with Crippen molar-refractivity contribution >= 4 is 21.4 Å². The van der Waals surface area contributed by atoms with Crippen LogP contribution in [0.25, 0.3) is 10.1 Å². The van der Waals surface area contributed by atoms with Gasteiger partial charge in [0.2, 0.25) is 0 Å². The van der Waals surface area contributed by atoms with E-state index in [1.54, 1.807) is 12.1 Å².